The number of benzene rings is 3. The molecule has 9 nitrogen and oxygen atoms in total. The van der Waals surface area contributed by atoms with Crippen LogP contribution in [-0.2, 0) is 19.1 Å². The molecule has 1 amide bonds. The fourth-order valence-electron chi connectivity index (χ4n) is 6.11. The molecule has 3 aliphatic heterocycles. The molecule has 7 rings (SSSR count). The quantitative estimate of drug-likeness (QED) is 0.303. The zero-order chi connectivity index (χ0) is 29.3. The van der Waals surface area contributed by atoms with Gasteiger partial charge in [-0.2, -0.15) is 4.98 Å². The highest BCUT2D eigenvalue weighted by Crippen LogP contribution is 2.54. The Morgan fingerprint density at radius 1 is 1.14 bits per heavy atom. The first-order chi connectivity index (χ1) is 20.2. The van der Waals surface area contributed by atoms with Gasteiger partial charge in [-0.3, -0.25) is 14.2 Å². The molecule has 3 aromatic carbocycles. The Morgan fingerprint density at radius 2 is 1.93 bits per heavy atom. The summed E-state index contributed by atoms with van der Waals surface area (Å²) in [5.41, 5.74) is 4.58. The molecule has 1 saturated heterocycles. The fraction of sp³-hybridized carbons (Fsp3) is 0.233. The van der Waals surface area contributed by atoms with Crippen molar-refractivity contribution < 1.29 is 27.8 Å². The Bertz CT molecular complexity index is 1860. The number of hydrogen-bond acceptors (Lipinski definition) is 7. The monoisotopic (exact) mass is 592 g/mol. The van der Waals surface area contributed by atoms with Crippen LogP contribution in [0.5, 0.6) is 28.9 Å². The predicted molar refractivity (Wildman–Crippen MR) is 148 cm³/mol. The van der Waals surface area contributed by atoms with Gasteiger partial charge in [-0.05, 0) is 31.0 Å². The third kappa shape index (κ3) is 3.80. The number of rotatable bonds is 4. The lowest BCUT2D eigenvalue weighted by atomic mass is 9.80. The molecule has 12 heteroatoms. The zero-order valence-electron chi connectivity index (χ0n) is 22.2. The van der Waals surface area contributed by atoms with Crippen LogP contribution in [-0.4, -0.2) is 28.0 Å². The lowest BCUT2D eigenvalue weighted by Gasteiger charge is -2.35. The second kappa shape index (κ2) is 9.53. The molecule has 214 valence electrons. The van der Waals surface area contributed by atoms with Gasteiger partial charge in [0.2, 0.25) is 11.7 Å². The molecule has 4 aromatic rings. The summed E-state index contributed by atoms with van der Waals surface area (Å²) in [6.07, 6.45) is 3.11. The standard InChI is InChI=1S/C30H23ClF2N4O5/c1-37-13-36-28-26(29(37)39)41-25-19(40-28)10-15(27(34)38)22(24(25)33)21-16-12-30(20-8-5-9-35-20,14-6-3-2-4-7-14)42-18(16)11-17(32)23(21)31/h2-4,6-7,10-11,13,20,35H,5,8-9,12H2,1H3,(H2,34,38)/t20-,30-/m0/s1. The van der Waals surface area contributed by atoms with E-state index in [2.05, 4.69) is 10.3 Å². The number of amides is 1. The summed E-state index contributed by atoms with van der Waals surface area (Å²) in [5.74, 6) is -4.11. The predicted octanol–water partition coefficient (Wildman–Crippen LogP) is 4.96. The maximum atomic E-state index is 16.6. The number of ether oxygens (including phenoxy) is 3. The lowest BCUT2D eigenvalue weighted by molar-refractivity contribution is 0.0539. The van der Waals surface area contributed by atoms with E-state index in [1.807, 2.05) is 30.3 Å². The average Bonchev–Trinajstić information content (AvgIpc) is 3.66. The highest BCUT2D eigenvalue weighted by atomic mass is 35.5. The number of halogens is 3. The van der Waals surface area contributed by atoms with Gasteiger partial charge >= 0.3 is 0 Å². The van der Waals surface area contributed by atoms with Crippen molar-refractivity contribution in [3.8, 4) is 40.0 Å². The van der Waals surface area contributed by atoms with E-state index in [9.17, 15) is 9.59 Å². The summed E-state index contributed by atoms with van der Waals surface area (Å²) in [6, 6.07) is 11.7. The molecule has 42 heavy (non-hydrogen) atoms. The Balaban J connectivity index is 1.46. The number of hydrogen-bond donors (Lipinski definition) is 2. The summed E-state index contributed by atoms with van der Waals surface area (Å²) in [5, 5.41) is 3.07. The normalized spacial score (nSPS) is 20.1. The van der Waals surface area contributed by atoms with Gasteiger partial charge in [0.25, 0.3) is 17.2 Å². The van der Waals surface area contributed by atoms with Crippen molar-refractivity contribution in [1.82, 2.24) is 14.9 Å². The van der Waals surface area contributed by atoms with Crippen molar-refractivity contribution in [2.75, 3.05) is 6.54 Å². The van der Waals surface area contributed by atoms with E-state index in [1.165, 1.54) is 25.5 Å². The molecular formula is C30H23ClF2N4O5. The summed E-state index contributed by atoms with van der Waals surface area (Å²) in [6.45, 7) is 0.777. The van der Waals surface area contributed by atoms with E-state index in [0.29, 0.717) is 5.56 Å². The summed E-state index contributed by atoms with van der Waals surface area (Å²) in [7, 11) is 1.44. The molecule has 0 bridgehead atoms. The van der Waals surface area contributed by atoms with Gasteiger partial charge in [-0.1, -0.05) is 41.9 Å². The van der Waals surface area contributed by atoms with Gasteiger partial charge in [0.15, 0.2) is 17.2 Å². The van der Waals surface area contributed by atoms with Crippen molar-refractivity contribution in [3.63, 3.8) is 0 Å². The first kappa shape index (κ1) is 26.4. The van der Waals surface area contributed by atoms with Crippen LogP contribution in [0.3, 0.4) is 0 Å². The highest BCUT2D eigenvalue weighted by Gasteiger charge is 2.50. The second-order valence-electron chi connectivity index (χ2n) is 10.5. The smallest absolute Gasteiger partial charge is 0.300 e. The molecule has 4 heterocycles. The Hall–Kier alpha value is -4.48. The Labute approximate surface area is 242 Å². The summed E-state index contributed by atoms with van der Waals surface area (Å²) >= 11 is 6.57. The van der Waals surface area contributed by atoms with Crippen LogP contribution >= 0.6 is 11.6 Å². The molecule has 0 unspecified atom stereocenters. The number of aromatic nitrogens is 2. The molecule has 0 spiro atoms. The minimum Gasteiger partial charge on any atom is -0.480 e. The SMILES string of the molecule is Cn1cnc2c(c1=O)Oc1c(cc(C(N)=O)c(-c3c(Cl)c(F)cc4c3C[C@](c3ccccc3)([C@@H]3CCCN3)O4)c1F)O2. The van der Waals surface area contributed by atoms with E-state index in [-0.39, 0.29) is 52.3 Å². The summed E-state index contributed by atoms with van der Waals surface area (Å²) in [4.78, 5) is 29.4. The third-order valence-corrected chi connectivity index (χ3v) is 8.44. The minimum absolute atomic E-state index is 0.0925. The van der Waals surface area contributed by atoms with Crippen LogP contribution in [0.1, 0.15) is 34.3 Å². The van der Waals surface area contributed by atoms with E-state index in [1.54, 1.807) is 0 Å². The van der Waals surface area contributed by atoms with Crippen molar-refractivity contribution in [2.45, 2.75) is 30.9 Å². The third-order valence-electron chi connectivity index (χ3n) is 8.07. The molecule has 2 atom stereocenters. The van der Waals surface area contributed by atoms with Crippen LogP contribution in [0.25, 0.3) is 11.1 Å². The molecule has 0 radical (unpaired) electrons. The summed E-state index contributed by atoms with van der Waals surface area (Å²) < 4.78 is 51.1. The van der Waals surface area contributed by atoms with Crippen LogP contribution in [0.4, 0.5) is 8.78 Å². The number of nitrogens with one attached hydrogen (secondary N) is 1. The zero-order valence-corrected chi connectivity index (χ0v) is 22.9. The molecule has 1 aromatic heterocycles. The van der Waals surface area contributed by atoms with Gasteiger partial charge < -0.3 is 25.3 Å². The lowest BCUT2D eigenvalue weighted by Crippen LogP contribution is -2.48. The largest absolute Gasteiger partial charge is 0.480 e. The second-order valence-corrected chi connectivity index (χ2v) is 10.9. The van der Waals surface area contributed by atoms with E-state index >= 15 is 8.78 Å². The number of nitrogens with two attached hydrogens (primary N) is 1. The van der Waals surface area contributed by atoms with E-state index in [4.69, 9.17) is 31.5 Å². The molecule has 3 aliphatic rings. The van der Waals surface area contributed by atoms with Crippen LogP contribution < -0.4 is 30.8 Å². The number of carbonyl (C=O) groups is 1. The first-order valence-corrected chi connectivity index (χ1v) is 13.6. The van der Waals surface area contributed by atoms with Crippen molar-refractivity contribution in [3.05, 3.63) is 92.5 Å². The Kier molecular flexibility index (Phi) is 6.00. The molecule has 0 aliphatic carbocycles. The highest BCUT2D eigenvalue weighted by molar-refractivity contribution is 6.34. The number of aryl methyl sites for hydroxylation is 1. The number of fused-ring (bicyclic) bond motifs is 3. The van der Waals surface area contributed by atoms with E-state index in [0.717, 1.165) is 29.5 Å². The van der Waals surface area contributed by atoms with Crippen LogP contribution in [0, 0.1) is 11.6 Å². The Morgan fingerprint density at radius 3 is 2.64 bits per heavy atom. The molecule has 3 N–H and O–H groups in total. The van der Waals surface area contributed by atoms with Crippen molar-refractivity contribution >= 4 is 17.5 Å². The fourth-order valence-corrected chi connectivity index (χ4v) is 6.37. The maximum Gasteiger partial charge on any atom is 0.300 e. The van der Waals surface area contributed by atoms with E-state index < -0.39 is 39.5 Å². The maximum absolute atomic E-state index is 16.6. The minimum atomic E-state index is -1.11. The topological polar surface area (TPSA) is 118 Å². The average molecular weight is 593 g/mol. The van der Waals surface area contributed by atoms with Crippen molar-refractivity contribution in [1.29, 1.82) is 0 Å². The molecular weight excluding hydrogens is 570 g/mol. The van der Waals surface area contributed by atoms with Gasteiger partial charge in [0.1, 0.15) is 17.9 Å². The van der Waals surface area contributed by atoms with Gasteiger partial charge in [-0.15, -0.1) is 0 Å². The number of nitrogens with zero attached hydrogens (tertiary/aromatic N) is 2. The first-order valence-electron chi connectivity index (χ1n) is 13.3. The number of carbonyl (C=O) groups excluding carboxylic acids is 1. The van der Waals surface area contributed by atoms with Crippen LogP contribution in [0.2, 0.25) is 5.02 Å². The molecule has 1 fully saturated rings. The van der Waals surface area contributed by atoms with Crippen molar-refractivity contribution in [2.24, 2.45) is 12.8 Å². The number of primary amides is 1. The van der Waals surface area contributed by atoms with Gasteiger partial charge in [-0.25, -0.2) is 8.78 Å². The molecule has 0 saturated carbocycles. The van der Waals surface area contributed by atoms with Gasteiger partial charge in [0, 0.05) is 36.2 Å². The van der Waals surface area contributed by atoms with Crippen LogP contribution in [0.15, 0.2) is 53.6 Å². The van der Waals surface area contributed by atoms with Gasteiger partial charge in [0.05, 0.1) is 16.6 Å².